The quantitative estimate of drug-likeness (QED) is 0.695. The molecule has 2 N–H and O–H groups in total. The molecule has 8 heteroatoms. The van der Waals surface area contributed by atoms with Gasteiger partial charge in [0.2, 0.25) is 23.5 Å². The van der Waals surface area contributed by atoms with E-state index in [1.807, 2.05) is 0 Å². The highest BCUT2D eigenvalue weighted by molar-refractivity contribution is 5.93. The molecule has 0 saturated carbocycles. The van der Waals surface area contributed by atoms with Gasteiger partial charge in [0.1, 0.15) is 5.82 Å². The fourth-order valence-electron chi connectivity index (χ4n) is 2.42. The fourth-order valence-corrected chi connectivity index (χ4v) is 2.42. The molecule has 7 nitrogen and oxygen atoms in total. The molecule has 138 valence electrons. The van der Waals surface area contributed by atoms with Crippen molar-refractivity contribution in [2.75, 3.05) is 10.6 Å². The first-order valence-corrected chi connectivity index (χ1v) is 8.25. The van der Waals surface area contributed by atoms with Crippen molar-refractivity contribution in [1.82, 2.24) is 10.1 Å². The van der Waals surface area contributed by atoms with Crippen LogP contribution in [0.5, 0.6) is 0 Å². The van der Waals surface area contributed by atoms with Crippen molar-refractivity contribution in [2.45, 2.75) is 19.8 Å². The second-order valence-electron chi connectivity index (χ2n) is 5.83. The molecule has 3 rings (SSSR count). The molecule has 0 aliphatic rings. The topological polar surface area (TPSA) is 97.1 Å². The van der Waals surface area contributed by atoms with Crippen LogP contribution < -0.4 is 10.6 Å². The number of anilines is 2. The molecule has 0 radical (unpaired) electrons. The van der Waals surface area contributed by atoms with E-state index in [0.717, 1.165) is 0 Å². The molecule has 1 aromatic heterocycles. The molecule has 0 aliphatic heterocycles. The molecule has 2 amide bonds. The Morgan fingerprint density at radius 2 is 1.81 bits per heavy atom. The first-order chi connectivity index (χ1) is 13.0. The number of benzene rings is 2. The van der Waals surface area contributed by atoms with Crippen molar-refractivity contribution >= 4 is 23.2 Å². The number of amides is 2. The van der Waals surface area contributed by atoms with E-state index < -0.39 is 0 Å². The zero-order valence-electron chi connectivity index (χ0n) is 14.5. The third-order valence-electron chi connectivity index (χ3n) is 3.58. The maximum absolute atomic E-state index is 13.3. The number of halogens is 1. The Labute approximate surface area is 154 Å². The van der Waals surface area contributed by atoms with Crippen LogP contribution in [0.2, 0.25) is 0 Å². The van der Waals surface area contributed by atoms with Crippen LogP contribution in [0, 0.1) is 5.82 Å². The third-order valence-corrected chi connectivity index (χ3v) is 3.58. The summed E-state index contributed by atoms with van der Waals surface area (Å²) in [6.07, 6.45) is 0.384. The summed E-state index contributed by atoms with van der Waals surface area (Å²) in [5.74, 6) is -0.256. The summed E-state index contributed by atoms with van der Waals surface area (Å²) in [7, 11) is 0. The Bertz CT molecular complexity index is 971. The molecular weight excluding hydrogens is 351 g/mol. The first-order valence-electron chi connectivity index (χ1n) is 8.25. The van der Waals surface area contributed by atoms with Gasteiger partial charge in [-0.3, -0.25) is 9.59 Å². The maximum atomic E-state index is 13.3. The van der Waals surface area contributed by atoms with E-state index in [1.54, 1.807) is 36.4 Å². The van der Waals surface area contributed by atoms with E-state index in [9.17, 15) is 14.0 Å². The largest absolute Gasteiger partial charge is 0.339 e. The first kappa shape index (κ1) is 18.2. The van der Waals surface area contributed by atoms with E-state index in [-0.39, 0.29) is 42.2 Å². The zero-order chi connectivity index (χ0) is 19.2. The summed E-state index contributed by atoms with van der Waals surface area (Å²) in [6.45, 7) is 1.41. The number of aryl methyl sites for hydroxylation is 1. The van der Waals surface area contributed by atoms with Gasteiger partial charge in [-0.15, -0.1) is 0 Å². The van der Waals surface area contributed by atoms with Crippen LogP contribution in [0.1, 0.15) is 19.2 Å². The Kier molecular flexibility index (Phi) is 5.55. The summed E-state index contributed by atoms with van der Waals surface area (Å²) < 4.78 is 18.4. The van der Waals surface area contributed by atoms with Gasteiger partial charge >= 0.3 is 0 Å². The van der Waals surface area contributed by atoms with E-state index in [1.165, 1.54) is 19.1 Å². The molecule has 27 heavy (non-hydrogen) atoms. The molecule has 0 fully saturated rings. The van der Waals surface area contributed by atoms with Crippen LogP contribution in [-0.2, 0) is 16.0 Å². The molecule has 3 aromatic rings. The van der Waals surface area contributed by atoms with E-state index >= 15 is 0 Å². The molecule has 0 unspecified atom stereocenters. The van der Waals surface area contributed by atoms with Crippen LogP contribution in [0.4, 0.5) is 15.8 Å². The molecule has 0 saturated heterocycles. The van der Waals surface area contributed by atoms with Crippen LogP contribution in [0.15, 0.2) is 53.1 Å². The van der Waals surface area contributed by atoms with Crippen molar-refractivity contribution in [3.05, 3.63) is 60.2 Å². The highest BCUT2D eigenvalue weighted by atomic mass is 19.1. The normalized spacial score (nSPS) is 10.4. The molecule has 2 aromatic carbocycles. The summed E-state index contributed by atoms with van der Waals surface area (Å²) in [5, 5.41) is 9.19. The average molecular weight is 368 g/mol. The van der Waals surface area contributed by atoms with Crippen LogP contribution in [-0.4, -0.2) is 22.0 Å². The monoisotopic (exact) mass is 368 g/mol. The highest BCUT2D eigenvalue weighted by Crippen LogP contribution is 2.18. The minimum absolute atomic E-state index is 0.134. The second-order valence-corrected chi connectivity index (χ2v) is 5.83. The smallest absolute Gasteiger partial charge is 0.227 e. The second kappa shape index (κ2) is 8.22. The Balaban J connectivity index is 1.56. The minimum atomic E-state index is -0.389. The lowest BCUT2D eigenvalue weighted by Crippen LogP contribution is -2.13. The Hall–Kier alpha value is -3.55. The predicted molar refractivity (Wildman–Crippen MR) is 97.4 cm³/mol. The minimum Gasteiger partial charge on any atom is -0.339 e. The lowest BCUT2D eigenvalue weighted by molar-refractivity contribution is -0.116. The number of carbonyl (C=O) groups is 2. The lowest BCUT2D eigenvalue weighted by atomic mass is 10.2. The number of hydrogen-bond donors (Lipinski definition) is 2. The lowest BCUT2D eigenvalue weighted by Gasteiger charge is -2.07. The molecule has 0 aliphatic carbocycles. The van der Waals surface area contributed by atoms with E-state index in [2.05, 4.69) is 20.8 Å². The van der Waals surface area contributed by atoms with E-state index in [4.69, 9.17) is 4.52 Å². The van der Waals surface area contributed by atoms with Crippen molar-refractivity contribution in [1.29, 1.82) is 0 Å². The van der Waals surface area contributed by atoms with Gasteiger partial charge in [-0.05, 0) is 30.3 Å². The maximum Gasteiger partial charge on any atom is 0.227 e. The van der Waals surface area contributed by atoms with Crippen LogP contribution in [0.3, 0.4) is 0 Å². The number of nitrogens with zero attached hydrogens (tertiary/aromatic N) is 2. The van der Waals surface area contributed by atoms with Crippen molar-refractivity contribution < 1.29 is 18.5 Å². The molecule has 0 bridgehead atoms. The third kappa shape index (κ3) is 5.21. The Morgan fingerprint density at radius 1 is 1.07 bits per heavy atom. The summed E-state index contributed by atoms with van der Waals surface area (Å²) in [4.78, 5) is 27.4. The summed E-state index contributed by atoms with van der Waals surface area (Å²) in [6, 6.07) is 12.7. The molecule has 0 spiro atoms. The molecular formula is C19H17FN4O3. The van der Waals surface area contributed by atoms with Gasteiger partial charge in [0.15, 0.2) is 0 Å². The van der Waals surface area contributed by atoms with Crippen LogP contribution in [0.25, 0.3) is 11.4 Å². The standard InChI is InChI=1S/C19H17FN4O3/c1-12(25)21-15-6-3-7-16(11-15)22-17(26)8-9-18-23-19(24-27-18)13-4-2-5-14(20)10-13/h2-7,10-11H,8-9H2,1H3,(H,21,25)(H,22,26). The van der Waals surface area contributed by atoms with Crippen molar-refractivity contribution in [3.63, 3.8) is 0 Å². The van der Waals surface area contributed by atoms with Gasteiger partial charge in [0, 0.05) is 36.7 Å². The fraction of sp³-hybridized carbons (Fsp3) is 0.158. The van der Waals surface area contributed by atoms with E-state index in [0.29, 0.717) is 16.9 Å². The number of aromatic nitrogens is 2. The van der Waals surface area contributed by atoms with Gasteiger partial charge in [-0.2, -0.15) is 4.98 Å². The number of rotatable bonds is 6. The predicted octanol–water partition coefficient (Wildman–Crippen LogP) is 3.41. The van der Waals surface area contributed by atoms with Gasteiger partial charge < -0.3 is 15.2 Å². The van der Waals surface area contributed by atoms with Crippen molar-refractivity contribution in [2.24, 2.45) is 0 Å². The number of nitrogens with one attached hydrogen (secondary N) is 2. The Morgan fingerprint density at radius 3 is 2.56 bits per heavy atom. The SMILES string of the molecule is CC(=O)Nc1cccc(NC(=O)CCc2nc(-c3cccc(F)c3)no2)c1. The highest BCUT2D eigenvalue weighted by Gasteiger charge is 2.11. The molecule has 0 atom stereocenters. The van der Waals surface area contributed by atoms with Crippen molar-refractivity contribution in [3.8, 4) is 11.4 Å². The summed E-state index contributed by atoms with van der Waals surface area (Å²) >= 11 is 0. The summed E-state index contributed by atoms with van der Waals surface area (Å²) in [5.41, 5.74) is 1.67. The van der Waals surface area contributed by atoms with Gasteiger partial charge in [0.25, 0.3) is 0 Å². The zero-order valence-corrected chi connectivity index (χ0v) is 14.5. The van der Waals surface area contributed by atoms with Gasteiger partial charge in [-0.25, -0.2) is 4.39 Å². The number of hydrogen-bond acceptors (Lipinski definition) is 5. The number of carbonyl (C=O) groups excluding carboxylic acids is 2. The van der Waals surface area contributed by atoms with Gasteiger partial charge in [0.05, 0.1) is 0 Å². The average Bonchev–Trinajstić information content (AvgIpc) is 3.09. The van der Waals surface area contributed by atoms with Crippen LogP contribution >= 0.6 is 0 Å². The van der Waals surface area contributed by atoms with Gasteiger partial charge in [-0.1, -0.05) is 23.4 Å². The molecule has 1 heterocycles.